The van der Waals surface area contributed by atoms with Crippen LogP contribution in [-0.2, 0) is 9.84 Å². The number of nitrogens with zero attached hydrogens (tertiary/aromatic N) is 2. The Bertz CT molecular complexity index is 855. The van der Waals surface area contributed by atoms with Gasteiger partial charge < -0.3 is 4.74 Å². The molecule has 5 nitrogen and oxygen atoms in total. The van der Waals surface area contributed by atoms with Crippen LogP contribution in [0.3, 0.4) is 0 Å². The monoisotopic (exact) mass is 306 g/mol. The number of hydrogen-bond acceptors (Lipinski definition) is 6. The first-order valence-electron chi connectivity index (χ1n) is 5.70. The Morgan fingerprint density at radius 2 is 1.85 bits per heavy atom. The third kappa shape index (κ3) is 2.50. The van der Waals surface area contributed by atoms with Crippen molar-refractivity contribution >= 4 is 31.4 Å². The molecule has 0 unspecified atom stereocenters. The number of rotatable bonds is 3. The molecule has 0 aliphatic rings. The molecule has 0 bridgehead atoms. The molecule has 0 atom stereocenters. The maximum absolute atomic E-state index is 11.4. The van der Waals surface area contributed by atoms with Gasteiger partial charge >= 0.3 is 0 Å². The summed E-state index contributed by atoms with van der Waals surface area (Å²) in [5.41, 5.74) is 0.827. The number of benzene rings is 1. The summed E-state index contributed by atoms with van der Waals surface area (Å²) in [5.74, 6) is 1.00. The van der Waals surface area contributed by atoms with Crippen molar-refractivity contribution in [2.75, 3.05) is 6.26 Å². The lowest BCUT2D eigenvalue weighted by Gasteiger charge is -2.05. The van der Waals surface area contributed by atoms with Gasteiger partial charge in [0, 0.05) is 6.26 Å². The number of sulfone groups is 1. The van der Waals surface area contributed by atoms with Crippen molar-refractivity contribution < 1.29 is 13.2 Å². The molecule has 0 radical (unpaired) electrons. The van der Waals surface area contributed by atoms with E-state index in [0.29, 0.717) is 11.6 Å². The molecule has 0 fully saturated rings. The van der Waals surface area contributed by atoms with Gasteiger partial charge in [0.2, 0.25) is 5.88 Å². The van der Waals surface area contributed by atoms with Crippen LogP contribution in [0, 0.1) is 0 Å². The van der Waals surface area contributed by atoms with Crippen molar-refractivity contribution in [2.24, 2.45) is 0 Å². The van der Waals surface area contributed by atoms with Crippen molar-refractivity contribution in [3.8, 4) is 11.6 Å². The number of fused-ring (bicyclic) bond motifs is 1. The van der Waals surface area contributed by atoms with Crippen LogP contribution in [0.2, 0.25) is 0 Å². The molecule has 0 aliphatic carbocycles. The summed E-state index contributed by atoms with van der Waals surface area (Å²) < 4.78 is 29.3. The van der Waals surface area contributed by atoms with Gasteiger partial charge in [0.25, 0.3) is 0 Å². The van der Waals surface area contributed by atoms with Crippen molar-refractivity contribution in [2.45, 2.75) is 4.90 Å². The van der Waals surface area contributed by atoms with Crippen LogP contribution in [-0.4, -0.2) is 24.6 Å². The average molecular weight is 306 g/mol. The van der Waals surface area contributed by atoms with Gasteiger partial charge in [0.15, 0.2) is 9.84 Å². The minimum Gasteiger partial charge on any atom is -0.437 e. The first kappa shape index (κ1) is 13.0. The number of aromatic nitrogens is 2. The molecule has 2 heterocycles. The third-order valence-corrected chi connectivity index (χ3v) is 4.70. The summed E-state index contributed by atoms with van der Waals surface area (Å²) in [4.78, 5) is 8.49. The molecule has 7 heteroatoms. The highest BCUT2D eigenvalue weighted by atomic mass is 32.2. The number of hydrogen-bond donors (Lipinski definition) is 0. The Morgan fingerprint density at radius 1 is 1.10 bits per heavy atom. The zero-order valence-corrected chi connectivity index (χ0v) is 12.1. The van der Waals surface area contributed by atoms with E-state index in [1.807, 2.05) is 11.4 Å². The Hall–Kier alpha value is -1.99. The second kappa shape index (κ2) is 4.84. The fourth-order valence-electron chi connectivity index (χ4n) is 1.71. The van der Waals surface area contributed by atoms with Gasteiger partial charge in [-0.3, -0.25) is 0 Å². The molecule has 3 rings (SSSR count). The second-order valence-electron chi connectivity index (χ2n) is 4.16. The minimum absolute atomic E-state index is 0.258. The molecule has 0 saturated heterocycles. The number of thiophene rings is 1. The van der Waals surface area contributed by atoms with E-state index >= 15 is 0 Å². The molecule has 1 aromatic carbocycles. The molecular weight excluding hydrogens is 296 g/mol. The maximum Gasteiger partial charge on any atom is 0.240 e. The minimum atomic E-state index is -3.20. The highest BCUT2D eigenvalue weighted by Gasteiger charge is 2.09. The van der Waals surface area contributed by atoms with Crippen molar-refractivity contribution in [3.63, 3.8) is 0 Å². The normalized spacial score (nSPS) is 11.7. The van der Waals surface area contributed by atoms with Crippen LogP contribution in [0.4, 0.5) is 0 Å². The van der Waals surface area contributed by atoms with Crippen LogP contribution in [0.15, 0.2) is 46.9 Å². The van der Waals surface area contributed by atoms with Gasteiger partial charge in [-0.2, -0.15) is 0 Å². The van der Waals surface area contributed by atoms with Crippen molar-refractivity contribution in [1.29, 1.82) is 0 Å². The molecule has 3 aromatic rings. The van der Waals surface area contributed by atoms with Gasteiger partial charge in [-0.1, -0.05) is 0 Å². The predicted octanol–water partition coefficient (Wildman–Crippen LogP) is 2.89. The Kier molecular flexibility index (Phi) is 3.15. The van der Waals surface area contributed by atoms with E-state index in [0.717, 1.165) is 10.2 Å². The lowest BCUT2D eigenvalue weighted by atomic mass is 10.3. The van der Waals surface area contributed by atoms with Crippen LogP contribution < -0.4 is 4.74 Å². The lowest BCUT2D eigenvalue weighted by Crippen LogP contribution is -1.96. The molecule has 2 aromatic heterocycles. The fraction of sp³-hybridized carbons (Fsp3) is 0.0769. The summed E-state index contributed by atoms with van der Waals surface area (Å²) in [5, 5.41) is 1.92. The first-order valence-corrected chi connectivity index (χ1v) is 8.47. The summed E-state index contributed by atoms with van der Waals surface area (Å²) in [6.07, 6.45) is 2.61. The Labute approximate surface area is 119 Å². The maximum atomic E-state index is 11.4. The SMILES string of the molecule is CS(=O)(=O)c1ccc(Oc2ncnc3ccsc23)cc1. The fourth-order valence-corrected chi connectivity index (χ4v) is 3.11. The molecule has 0 N–H and O–H groups in total. The van der Waals surface area contributed by atoms with E-state index < -0.39 is 9.84 Å². The van der Waals surface area contributed by atoms with Gasteiger partial charge in [-0.15, -0.1) is 11.3 Å². The standard InChI is InChI=1S/C13H10N2O3S2/c1-20(16,17)10-4-2-9(3-5-10)18-13-12-11(6-7-19-12)14-8-15-13/h2-8H,1H3. The van der Waals surface area contributed by atoms with Crippen LogP contribution in [0.1, 0.15) is 0 Å². The Balaban J connectivity index is 1.93. The predicted molar refractivity (Wildman–Crippen MR) is 77.0 cm³/mol. The second-order valence-corrected chi connectivity index (χ2v) is 7.09. The highest BCUT2D eigenvalue weighted by molar-refractivity contribution is 7.90. The summed E-state index contributed by atoms with van der Waals surface area (Å²) in [6.45, 7) is 0. The van der Waals surface area contributed by atoms with Crippen LogP contribution in [0.25, 0.3) is 10.2 Å². The number of ether oxygens (including phenoxy) is 1. The smallest absolute Gasteiger partial charge is 0.240 e. The van der Waals surface area contributed by atoms with E-state index in [9.17, 15) is 8.42 Å². The first-order chi connectivity index (χ1) is 9.54. The largest absolute Gasteiger partial charge is 0.437 e. The van der Waals surface area contributed by atoms with Crippen LogP contribution in [0.5, 0.6) is 11.6 Å². The Morgan fingerprint density at radius 3 is 2.55 bits per heavy atom. The van der Waals surface area contributed by atoms with E-state index in [4.69, 9.17) is 4.74 Å². The van der Waals surface area contributed by atoms with E-state index in [-0.39, 0.29) is 4.90 Å². The summed E-state index contributed by atoms with van der Waals surface area (Å²) in [7, 11) is -3.20. The van der Waals surface area contributed by atoms with E-state index in [2.05, 4.69) is 9.97 Å². The quantitative estimate of drug-likeness (QED) is 0.744. The third-order valence-electron chi connectivity index (χ3n) is 2.68. The van der Waals surface area contributed by atoms with Gasteiger partial charge in [0.05, 0.1) is 10.4 Å². The molecule has 0 aliphatic heterocycles. The molecule has 102 valence electrons. The van der Waals surface area contributed by atoms with Crippen molar-refractivity contribution in [3.05, 3.63) is 42.0 Å². The topological polar surface area (TPSA) is 69.2 Å². The molecule has 0 spiro atoms. The lowest BCUT2D eigenvalue weighted by molar-refractivity contribution is 0.468. The van der Waals surface area contributed by atoms with E-state index in [1.54, 1.807) is 12.1 Å². The zero-order chi connectivity index (χ0) is 14.2. The summed E-state index contributed by atoms with van der Waals surface area (Å²) >= 11 is 1.49. The average Bonchev–Trinajstić information content (AvgIpc) is 2.88. The van der Waals surface area contributed by atoms with Gasteiger partial charge in [0.1, 0.15) is 16.8 Å². The van der Waals surface area contributed by atoms with Crippen LogP contribution >= 0.6 is 11.3 Å². The summed E-state index contributed by atoms with van der Waals surface area (Å²) in [6, 6.07) is 8.13. The van der Waals surface area contributed by atoms with Crippen molar-refractivity contribution in [1.82, 2.24) is 9.97 Å². The zero-order valence-electron chi connectivity index (χ0n) is 10.5. The molecular formula is C13H10N2O3S2. The molecule has 20 heavy (non-hydrogen) atoms. The van der Waals surface area contributed by atoms with Gasteiger partial charge in [-0.25, -0.2) is 18.4 Å². The van der Waals surface area contributed by atoms with E-state index in [1.165, 1.54) is 36.1 Å². The highest BCUT2D eigenvalue weighted by Crippen LogP contribution is 2.30. The molecule has 0 saturated carbocycles. The van der Waals surface area contributed by atoms with Gasteiger partial charge in [-0.05, 0) is 35.7 Å². The molecule has 0 amide bonds.